The van der Waals surface area contributed by atoms with E-state index in [-0.39, 0.29) is 18.2 Å². The Labute approximate surface area is 130 Å². The summed E-state index contributed by atoms with van der Waals surface area (Å²) in [6.07, 6.45) is 2.09. The normalized spacial score (nSPS) is 10.4. The summed E-state index contributed by atoms with van der Waals surface area (Å²) >= 11 is 5.72. The number of carbonyl (C=O) groups is 2. The van der Waals surface area contributed by atoms with Crippen molar-refractivity contribution in [1.29, 1.82) is 0 Å². The fraction of sp³-hybridized carbons (Fsp3) is 0.500. The van der Waals surface area contributed by atoms with Crippen LogP contribution < -0.4 is 4.90 Å². The topological polar surface area (TPSA) is 57.6 Å². The van der Waals surface area contributed by atoms with Gasteiger partial charge in [-0.3, -0.25) is 9.59 Å². The molecule has 0 aromatic heterocycles. The highest BCUT2D eigenvalue weighted by molar-refractivity contribution is 6.29. The number of amides is 1. The summed E-state index contributed by atoms with van der Waals surface area (Å²) in [5.41, 5.74) is 3.07. The molecule has 0 fully saturated rings. The summed E-state index contributed by atoms with van der Waals surface area (Å²) < 4.78 is 0. The quantitative estimate of drug-likeness (QED) is 0.750. The van der Waals surface area contributed by atoms with Gasteiger partial charge in [-0.05, 0) is 30.4 Å². The van der Waals surface area contributed by atoms with Gasteiger partial charge in [-0.1, -0.05) is 32.0 Å². The van der Waals surface area contributed by atoms with E-state index in [4.69, 9.17) is 16.7 Å². The number of anilines is 1. The molecule has 116 valence electrons. The van der Waals surface area contributed by atoms with Crippen LogP contribution in [0, 0.1) is 0 Å². The lowest BCUT2D eigenvalue weighted by Crippen LogP contribution is -2.34. The highest BCUT2D eigenvalue weighted by Crippen LogP contribution is 2.27. The molecule has 1 N–H and O–H groups in total. The van der Waals surface area contributed by atoms with Gasteiger partial charge in [0.2, 0.25) is 5.91 Å². The van der Waals surface area contributed by atoms with Crippen LogP contribution in [-0.2, 0) is 22.4 Å². The average Bonchev–Trinajstić information content (AvgIpc) is 2.49. The lowest BCUT2D eigenvalue weighted by Gasteiger charge is -2.27. The number of alkyl halides is 1. The smallest absolute Gasteiger partial charge is 0.303 e. The van der Waals surface area contributed by atoms with E-state index in [1.54, 1.807) is 4.90 Å². The van der Waals surface area contributed by atoms with Crippen LogP contribution in [0.5, 0.6) is 0 Å². The third-order valence-corrected chi connectivity index (χ3v) is 3.65. The van der Waals surface area contributed by atoms with Crippen molar-refractivity contribution in [3.63, 3.8) is 0 Å². The summed E-state index contributed by atoms with van der Waals surface area (Å²) in [5, 5.41) is 8.76. The largest absolute Gasteiger partial charge is 0.481 e. The average molecular weight is 312 g/mol. The van der Waals surface area contributed by atoms with Gasteiger partial charge in [-0.25, -0.2) is 0 Å². The highest BCUT2D eigenvalue weighted by atomic mass is 35.5. The van der Waals surface area contributed by atoms with E-state index in [1.807, 2.05) is 32.0 Å². The van der Waals surface area contributed by atoms with Crippen LogP contribution in [0.1, 0.15) is 37.8 Å². The monoisotopic (exact) mass is 311 g/mol. The van der Waals surface area contributed by atoms with Crippen molar-refractivity contribution in [2.75, 3.05) is 17.3 Å². The van der Waals surface area contributed by atoms with Crippen LogP contribution in [0.15, 0.2) is 18.2 Å². The van der Waals surface area contributed by atoms with Crippen LogP contribution in [0.4, 0.5) is 5.69 Å². The zero-order valence-electron chi connectivity index (χ0n) is 12.6. The second kappa shape index (κ2) is 8.67. The molecule has 0 saturated heterocycles. The first-order valence-electron chi connectivity index (χ1n) is 7.24. The zero-order valence-corrected chi connectivity index (χ0v) is 13.3. The SMILES string of the molecule is CCc1cccc(CC)c1N(CCCC(=O)O)C(=O)CCl. The van der Waals surface area contributed by atoms with Gasteiger partial charge < -0.3 is 10.0 Å². The van der Waals surface area contributed by atoms with Gasteiger partial charge in [0.25, 0.3) is 0 Å². The second-order valence-electron chi connectivity index (χ2n) is 4.81. The Balaban J connectivity index is 3.12. The Morgan fingerprint density at radius 2 is 1.76 bits per heavy atom. The molecule has 0 atom stereocenters. The number of para-hydroxylation sites is 1. The number of hydrogen-bond acceptors (Lipinski definition) is 2. The molecule has 1 aromatic carbocycles. The molecule has 1 amide bonds. The predicted octanol–water partition coefficient (Wildman–Crippen LogP) is 3.25. The molecular weight excluding hydrogens is 290 g/mol. The van der Waals surface area contributed by atoms with E-state index in [0.29, 0.717) is 13.0 Å². The molecule has 21 heavy (non-hydrogen) atoms. The van der Waals surface area contributed by atoms with Crippen molar-refractivity contribution < 1.29 is 14.7 Å². The molecule has 1 rings (SSSR count). The molecule has 0 aliphatic rings. The summed E-state index contributed by atoms with van der Waals surface area (Å²) in [6.45, 7) is 4.46. The van der Waals surface area contributed by atoms with Crippen molar-refractivity contribution in [2.24, 2.45) is 0 Å². The number of carbonyl (C=O) groups excluding carboxylic acids is 1. The van der Waals surface area contributed by atoms with E-state index in [0.717, 1.165) is 29.7 Å². The Bertz CT molecular complexity index is 480. The standard InChI is InChI=1S/C16H22ClNO3/c1-3-12-7-5-8-13(4-2)16(12)18(14(19)11-17)10-6-9-15(20)21/h5,7-8H,3-4,6,9-11H2,1-2H3,(H,20,21). The minimum Gasteiger partial charge on any atom is -0.481 e. The van der Waals surface area contributed by atoms with Crippen molar-refractivity contribution in [3.05, 3.63) is 29.3 Å². The molecule has 0 aliphatic carbocycles. The number of hydrogen-bond donors (Lipinski definition) is 1. The maximum atomic E-state index is 12.2. The summed E-state index contributed by atoms with van der Waals surface area (Å²) in [7, 11) is 0. The molecular formula is C16H22ClNO3. The van der Waals surface area contributed by atoms with E-state index >= 15 is 0 Å². The molecule has 5 heteroatoms. The van der Waals surface area contributed by atoms with Crippen LogP contribution in [0.25, 0.3) is 0 Å². The zero-order chi connectivity index (χ0) is 15.8. The number of halogens is 1. The predicted molar refractivity (Wildman–Crippen MR) is 85.1 cm³/mol. The van der Waals surface area contributed by atoms with Gasteiger partial charge in [0.05, 0.1) is 5.69 Å². The van der Waals surface area contributed by atoms with E-state index in [9.17, 15) is 9.59 Å². The maximum Gasteiger partial charge on any atom is 0.303 e. The lowest BCUT2D eigenvalue weighted by atomic mass is 10.0. The van der Waals surface area contributed by atoms with Crippen molar-refractivity contribution >= 4 is 29.2 Å². The summed E-state index contributed by atoms with van der Waals surface area (Å²) in [6, 6.07) is 5.99. The van der Waals surface area contributed by atoms with Crippen molar-refractivity contribution in [1.82, 2.24) is 0 Å². The van der Waals surface area contributed by atoms with Gasteiger partial charge in [0.1, 0.15) is 5.88 Å². The Kier molecular flexibility index (Phi) is 7.23. The van der Waals surface area contributed by atoms with Crippen molar-refractivity contribution in [3.8, 4) is 0 Å². The Morgan fingerprint density at radius 3 is 2.19 bits per heavy atom. The number of carboxylic acids is 1. The molecule has 0 heterocycles. The van der Waals surface area contributed by atoms with Gasteiger partial charge in [-0.15, -0.1) is 11.6 Å². The van der Waals surface area contributed by atoms with E-state index in [1.165, 1.54) is 0 Å². The molecule has 4 nitrogen and oxygen atoms in total. The maximum absolute atomic E-state index is 12.2. The van der Waals surface area contributed by atoms with E-state index in [2.05, 4.69) is 0 Å². The summed E-state index contributed by atoms with van der Waals surface area (Å²) in [5.74, 6) is -1.14. The van der Waals surface area contributed by atoms with Gasteiger partial charge in [-0.2, -0.15) is 0 Å². The Hall–Kier alpha value is -1.55. The highest BCUT2D eigenvalue weighted by Gasteiger charge is 2.20. The molecule has 0 saturated carbocycles. The minimum absolute atomic E-state index is 0.0435. The molecule has 0 aliphatic heterocycles. The van der Waals surface area contributed by atoms with Crippen molar-refractivity contribution in [2.45, 2.75) is 39.5 Å². The fourth-order valence-electron chi connectivity index (χ4n) is 2.38. The van der Waals surface area contributed by atoms with Crippen LogP contribution in [0.2, 0.25) is 0 Å². The molecule has 0 radical (unpaired) electrons. The third-order valence-electron chi connectivity index (χ3n) is 3.42. The van der Waals surface area contributed by atoms with Crippen LogP contribution >= 0.6 is 11.6 Å². The number of aliphatic carboxylic acids is 1. The molecule has 0 bridgehead atoms. The molecule has 1 aromatic rings. The number of benzene rings is 1. The number of aryl methyl sites for hydroxylation is 2. The lowest BCUT2D eigenvalue weighted by molar-refractivity contribution is -0.137. The molecule has 0 unspecified atom stereocenters. The first-order chi connectivity index (χ1) is 10.0. The van der Waals surface area contributed by atoms with Gasteiger partial charge in [0, 0.05) is 13.0 Å². The fourth-order valence-corrected chi connectivity index (χ4v) is 2.53. The van der Waals surface area contributed by atoms with Crippen LogP contribution in [0.3, 0.4) is 0 Å². The van der Waals surface area contributed by atoms with Gasteiger partial charge in [0.15, 0.2) is 0 Å². The Morgan fingerprint density at radius 1 is 1.19 bits per heavy atom. The van der Waals surface area contributed by atoms with E-state index < -0.39 is 5.97 Å². The third kappa shape index (κ3) is 4.74. The second-order valence-corrected chi connectivity index (χ2v) is 5.08. The first kappa shape index (κ1) is 17.5. The summed E-state index contributed by atoms with van der Waals surface area (Å²) in [4.78, 5) is 24.5. The first-order valence-corrected chi connectivity index (χ1v) is 7.77. The number of rotatable bonds is 8. The molecule has 0 spiro atoms. The number of carboxylic acid groups (broad SMARTS) is 1. The van der Waals surface area contributed by atoms with Gasteiger partial charge >= 0.3 is 5.97 Å². The number of nitrogens with zero attached hydrogens (tertiary/aromatic N) is 1. The minimum atomic E-state index is -0.854. The van der Waals surface area contributed by atoms with Crippen LogP contribution in [-0.4, -0.2) is 29.4 Å².